The Kier molecular flexibility index (Phi) is 5.54. The molecule has 28 heavy (non-hydrogen) atoms. The van der Waals surface area contributed by atoms with Crippen LogP contribution >= 0.6 is 0 Å². The molecule has 0 radical (unpaired) electrons. The minimum atomic E-state index is -0.424. The van der Waals surface area contributed by atoms with Gasteiger partial charge in [0.1, 0.15) is 13.2 Å². The summed E-state index contributed by atoms with van der Waals surface area (Å²) in [5, 5.41) is 0. The zero-order valence-electron chi connectivity index (χ0n) is 15.6. The molecule has 0 N–H and O–H groups in total. The first-order valence-corrected chi connectivity index (χ1v) is 8.69. The van der Waals surface area contributed by atoms with Crippen molar-refractivity contribution in [2.75, 3.05) is 0 Å². The largest absolute Gasteiger partial charge is 0.461 e. The molecule has 0 atom stereocenters. The lowest BCUT2D eigenvalue weighted by molar-refractivity contribution is -0.142. The molecule has 0 saturated carbocycles. The number of carbonyl (C=O) groups excluding carboxylic acids is 4. The highest BCUT2D eigenvalue weighted by molar-refractivity contribution is 6.21. The molecule has 1 aliphatic rings. The Balaban J connectivity index is 1.86. The van der Waals surface area contributed by atoms with Crippen molar-refractivity contribution >= 4 is 23.8 Å². The predicted octanol–water partition coefficient (Wildman–Crippen LogP) is 2.61. The first kappa shape index (κ1) is 19.3. The van der Waals surface area contributed by atoms with E-state index in [1.807, 2.05) is 0 Å². The maximum absolute atomic E-state index is 12.6. The van der Waals surface area contributed by atoms with Crippen LogP contribution in [0.4, 0.5) is 0 Å². The summed E-state index contributed by atoms with van der Waals surface area (Å²) in [7, 11) is 0. The quantitative estimate of drug-likeness (QED) is 0.564. The monoisotopic (exact) mass is 381 g/mol. The Morgan fingerprint density at radius 2 is 1.21 bits per heavy atom. The molecule has 2 aromatic carbocycles. The number of esters is 2. The van der Waals surface area contributed by atoms with E-state index in [4.69, 9.17) is 9.47 Å². The maximum atomic E-state index is 12.6. The van der Waals surface area contributed by atoms with Crippen LogP contribution in [0, 0.1) is 0 Å². The summed E-state index contributed by atoms with van der Waals surface area (Å²) >= 11 is 0. The lowest BCUT2D eigenvalue weighted by Crippen LogP contribution is -2.29. The van der Waals surface area contributed by atoms with Gasteiger partial charge in [0.15, 0.2) is 0 Å². The van der Waals surface area contributed by atoms with E-state index in [1.165, 1.54) is 18.7 Å². The van der Waals surface area contributed by atoms with Gasteiger partial charge in [-0.25, -0.2) is 0 Å². The highest BCUT2D eigenvalue weighted by atomic mass is 16.5. The standard InChI is InChI=1S/C21H19NO6/c1-13(23)27-11-16-7-15(8-17(9-16)12-28-14(2)24)10-22-20(25)18-5-3-4-6-19(18)21(22)26/h3-9H,10-12H2,1-2H3. The maximum Gasteiger partial charge on any atom is 0.302 e. The van der Waals surface area contributed by atoms with Gasteiger partial charge in [-0.3, -0.25) is 24.1 Å². The van der Waals surface area contributed by atoms with Crippen LogP contribution in [0.5, 0.6) is 0 Å². The van der Waals surface area contributed by atoms with Gasteiger partial charge in [0.05, 0.1) is 17.7 Å². The second-order valence-electron chi connectivity index (χ2n) is 6.46. The van der Waals surface area contributed by atoms with Gasteiger partial charge in [0.2, 0.25) is 0 Å². The highest BCUT2D eigenvalue weighted by Crippen LogP contribution is 2.25. The van der Waals surface area contributed by atoms with E-state index >= 15 is 0 Å². The van der Waals surface area contributed by atoms with E-state index in [9.17, 15) is 19.2 Å². The molecular formula is C21H19NO6. The van der Waals surface area contributed by atoms with Crippen molar-refractivity contribution in [1.29, 1.82) is 0 Å². The smallest absolute Gasteiger partial charge is 0.302 e. The Morgan fingerprint density at radius 1 is 0.786 bits per heavy atom. The van der Waals surface area contributed by atoms with Gasteiger partial charge >= 0.3 is 11.9 Å². The van der Waals surface area contributed by atoms with Crippen molar-refractivity contribution in [2.45, 2.75) is 33.6 Å². The summed E-state index contributed by atoms with van der Waals surface area (Å²) in [6.45, 7) is 2.76. The first-order valence-electron chi connectivity index (χ1n) is 8.69. The van der Waals surface area contributed by atoms with Crippen LogP contribution in [-0.2, 0) is 38.8 Å². The van der Waals surface area contributed by atoms with Crippen molar-refractivity contribution in [3.8, 4) is 0 Å². The number of hydrogen-bond acceptors (Lipinski definition) is 6. The number of fused-ring (bicyclic) bond motifs is 1. The van der Waals surface area contributed by atoms with Gasteiger partial charge in [-0.1, -0.05) is 24.3 Å². The van der Waals surface area contributed by atoms with Gasteiger partial charge in [-0.05, 0) is 34.9 Å². The Bertz CT molecular complexity index is 894. The van der Waals surface area contributed by atoms with Crippen molar-refractivity contribution in [3.63, 3.8) is 0 Å². The summed E-state index contributed by atoms with van der Waals surface area (Å²) in [6, 6.07) is 11.9. The Hall–Kier alpha value is -3.48. The van der Waals surface area contributed by atoms with Crippen LogP contribution in [0.2, 0.25) is 0 Å². The van der Waals surface area contributed by atoms with Gasteiger partial charge < -0.3 is 9.47 Å². The molecule has 0 aliphatic carbocycles. The van der Waals surface area contributed by atoms with E-state index in [-0.39, 0.29) is 31.6 Å². The Labute approximate surface area is 161 Å². The molecular weight excluding hydrogens is 362 g/mol. The molecule has 0 spiro atoms. The fourth-order valence-electron chi connectivity index (χ4n) is 3.03. The molecule has 7 heteroatoms. The number of carbonyl (C=O) groups is 4. The average molecular weight is 381 g/mol. The topological polar surface area (TPSA) is 90.0 Å². The summed E-state index contributed by atoms with van der Waals surface area (Å²) in [6.07, 6.45) is 0. The van der Waals surface area contributed by atoms with E-state index in [0.717, 1.165) is 0 Å². The van der Waals surface area contributed by atoms with E-state index in [0.29, 0.717) is 27.8 Å². The van der Waals surface area contributed by atoms with Gasteiger partial charge in [0, 0.05) is 13.8 Å². The number of amides is 2. The molecule has 1 aliphatic heterocycles. The molecule has 0 aromatic heterocycles. The van der Waals surface area contributed by atoms with Crippen LogP contribution in [0.25, 0.3) is 0 Å². The minimum Gasteiger partial charge on any atom is -0.461 e. The second-order valence-corrected chi connectivity index (χ2v) is 6.46. The zero-order valence-corrected chi connectivity index (χ0v) is 15.6. The van der Waals surface area contributed by atoms with Crippen LogP contribution in [0.1, 0.15) is 51.3 Å². The number of rotatable bonds is 6. The minimum absolute atomic E-state index is 0.0400. The molecule has 0 fully saturated rings. The fraction of sp³-hybridized carbons (Fsp3) is 0.238. The summed E-state index contributed by atoms with van der Waals surface area (Å²) in [5.41, 5.74) is 2.77. The average Bonchev–Trinajstić information content (AvgIpc) is 2.90. The van der Waals surface area contributed by atoms with Crippen molar-refractivity contribution in [1.82, 2.24) is 4.90 Å². The van der Waals surface area contributed by atoms with Crippen molar-refractivity contribution in [3.05, 3.63) is 70.3 Å². The molecule has 2 amide bonds. The normalized spacial score (nSPS) is 12.7. The van der Waals surface area contributed by atoms with E-state index < -0.39 is 11.9 Å². The van der Waals surface area contributed by atoms with Gasteiger partial charge in [-0.15, -0.1) is 0 Å². The third-order valence-corrected chi connectivity index (χ3v) is 4.22. The lowest BCUT2D eigenvalue weighted by Gasteiger charge is -2.16. The number of imide groups is 1. The molecule has 0 saturated heterocycles. The first-order chi connectivity index (χ1) is 13.3. The van der Waals surface area contributed by atoms with Crippen LogP contribution < -0.4 is 0 Å². The summed E-state index contributed by atoms with van der Waals surface area (Å²) < 4.78 is 10.1. The van der Waals surface area contributed by atoms with E-state index in [2.05, 4.69) is 0 Å². The predicted molar refractivity (Wildman–Crippen MR) is 98.0 cm³/mol. The molecule has 3 rings (SSSR count). The van der Waals surface area contributed by atoms with Gasteiger partial charge in [0.25, 0.3) is 11.8 Å². The number of hydrogen-bond donors (Lipinski definition) is 0. The molecule has 2 aromatic rings. The summed E-state index contributed by atoms with van der Waals surface area (Å²) in [5.74, 6) is -1.56. The van der Waals surface area contributed by atoms with Crippen LogP contribution in [0.3, 0.4) is 0 Å². The molecule has 0 bridgehead atoms. The third-order valence-electron chi connectivity index (χ3n) is 4.22. The van der Waals surface area contributed by atoms with Gasteiger partial charge in [-0.2, -0.15) is 0 Å². The molecule has 1 heterocycles. The fourth-order valence-corrected chi connectivity index (χ4v) is 3.03. The summed E-state index contributed by atoms with van der Waals surface area (Å²) in [4.78, 5) is 48.5. The number of ether oxygens (including phenoxy) is 2. The highest BCUT2D eigenvalue weighted by Gasteiger charge is 2.35. The second kappa shape index (κ2) is 8.04. The van der Waals surface area contributed by atoms with Crippen LogP contribution in [-0.4, -0.2) is 28.7 Å². The lowest BCUT2D eigenvalue weighted by atomic mass is 10.1. The Morgan fingerprint density at radius 3 is 1.64 bits per heavy atom. The SMILES string of the molecule is CC(=O)OCc1cc(COC(C)=O)cc(CN2C(=O)c3ccccc3C2=O)c1. The molecule has 144 valence electrons. The zero-order chi connectivity index (χ0) is 20.3. The molecule has 0 unspecified atom stereocenters. The van der Waals surface area contributed by atoms with Crippen molar-refractivity contribution < 1.29 is 28.7 Å². The number of benzene rings is 2. The van der Waals surface area contributed by atoms with E-state index in [1.54, 1.807) is 42.5 Å². The van der Waals surface area contributed by atoms with Crippen molar-refractivity contribution in [2.24, 2.45) is 0 Å². The number of nitrogens with zero attached hydrogens (tertiary/aromatic N) is 1. The van der Waals surface area contributed by atoms with Crippen LogP contribution in [0.15, 0.2) is 42.5 Å². The third kappa shape index (κ3) is 4.25. The molecule has 7 nitrogen and oxygen atoms in total.